The molecule has 1 aromatic rings. The molecule has 1 N–H and O–H groups in total. The first-order valence-corrected chi connectivity index (χ1v) is 8.51. The molecule has 1 nitrogen and oxygen atoms in total. The maximum absolute atomic E-state index is 3.73. The van der Waals surface area contributed by atoms with Gasteiger partial charge in [0.15, 0.2) is 0 Å². The SMILES string of the molecule is CC(C)=CCNC(CC1=C(C)C(C)(C)CC1)c1ccccc1. The third kappa shape index (κ3) is 4.33. The van der Waals surface area contributed by atoms with Crippen molar-refractivity contribution >= 4 is 0 Å². The molecule has 1 heteroatoms. The lowest BCUT2D eigenvalue weighted by Crippen LogP contribution is -2.22. The molecule has 2 rings (SSSR count). The van der Waals surface area contributed by atoms with Crippen molar-refractivity contribution in [3.05, 3.63) is 58.7 Å². The van der Waals surface area contributed by atoms with Crippen LogP contribution < -0.4 is 5.32 Å². The predicted octanol–water partition coefficient (Wildman–Crippen LogP) is 5.81. The number of rotatable bonds is 6. The summed E-state index contributed by atoms with van der Waals surface area (Å²) in [4.78, 5) is 0. The lowest BCUT2D eigenvalue weighted by Gasteiger charge is -2.22. The summed E-state index contributed by atoms with van der Waals surface area (Å²) < 4.78 is 0. The zero-order chi connectivity index (χ0) is 16.2. The molecule has 0 amide bonds. The molecule has 0 aliphatic heterocycles. The van der Waals surface area contributed by atoms with Gasteiger partial charge in [0.05, 0.1) is 0 Å². The second-order valence-electron chi connectivity index (χ2n) is 7.47. The van der Waals surface area contributed by atoms with Gasteiger partial charge in [-0.1, -0.05) is 67.0 Å². The highest BCUT2D eigenvalue weighted by Crippen LogP contribution is 2.44. The van der Waals surface area contributed by atoms with E-state index >= 15 is 0 Å². The Bertz CT molecular complexity index is 545. The van der Waals surface area contributed by atoms with E-state index in [2.05, 4.69) is 76.3 Å². The topological polar surface area (TPSA) is 12.0 Å². The monoisotopic (exact) mass is 297 g/mol. The first kappa shape index (κ1) is 17.0. The average molecular weight is 297 g/mol. The summed E-state index contributed by atoms with van der Waals surface area (Å²) in [6.45, 7) is 12.3. The Hall–Kier alpha value is -1.34. The first-order valence-electron chi connectivity index (χ1n) is 8.51. The minimum absolute atomic E-state index is 0.385. The van der Waals surface area contributed by atoms with E-state index in [4.69, 9.17) is 0 Å². The number of benzene rings is 1. The second kappa shape index (κ2) is 7.28. The van der Waals surface area contributed by atoms with Gasteiger partial charge in [-0.15, -0.1) is 0 Å². The van der Waals surface area contributed by atoms with E-state index in [-0.39, 0.29) is 0 Å². The lowest BCUT2D eigenvalue weighted by molar-refractivity contribution is 0.442. The van der Waals surface area contributed by atoms with E-state index in [1.165, 1.54) is 24.0 Å². The summed E-state index contributed by atoms with van der Waals surface area (Å²) in [5.74, 6) is 0. The molecule has 1 aliphatic carbocycles. The Kier molecular flexibility index (Phi) is 5.63. The van der Waals surface area contributed by atoms with Crippen molar-refractivity contribution in [3.63, 3.8) is 0 Å². The van der Waals surface area contributed by atoms with Gasteiger partial charge in [0.25, 0.3) is 0 Å². The fourth-order valence-corrected chi connectivity index (χ4v) is 3.22. The lowest BCUT2D eigenvalue weighted by atomic mass is 9.86. The normalized spacial score (nSPS) is 18.4. The Balaban J connectivity index is 2.15. The van der Waals surface area contributed by atoms with Gasteiger partial charge in [-0.25, -0.2) is 0 Å². The molecule has 1 atom stereocenters. The van der Waals surface area contributed by atoms with Gasteiger partial charge in [-0.2, -0.15) is 0 Å². The van der Waals surface area contributed by atoms with Crippen LogP contribution in [0.25, 0.3) is 0 Å². The van der Waals surface area contributed by atoms with Crippen LogP contribution in [-0.2, 0) is 0 Å². The molecule has 0 radical (unpaired) electrons. The van der Waals surface area contributed by atoms with Crippen molar-refractivity contribution in [1.29, 1.82) is 0 Å². The van der Waals surface area contributed by atoms with Gasteiger partial charge in [0, 0.05) is 12.6 Å². The van der Waals surface area contributed by atoms with E-state index in [0.29, 0.717) is 11.5 Å². The highest BCUT2D eigenvalue weighted by atomic mass is 14.9. The minimum atomic E-state index is 0.385. The van der Waals surface area contributed by atoms with Crippen LogP contribution in [0.5, 0.6) is 0 Å². The number of nitrogens with one attached hydrogen (secondary N) is 1. The third-order valence-corrected chi connectivity index (χ3v) is 5.12. The first-order chi connectivity index (χ1) is 10.4. The summed E-state index contributed by atoms with van der Waals surface area (Å²) in [6, 6.07) is 11.3. The maximum atomic E-state index is 3.73. The maximum Gasteiger partial charge on any atom is 0.0360 e. The molecule has 120 valence electrons. The number of allylic oxidation sites excluding steroid dienone is 2. The van der Waals surface area contributed by atoms with Gasteiger partial charge in [-0.05, 0) is 51.0 Å². The minimum Gasteiger partial charge on any atom is -0.306 e. The van der Waals surface area contributed by atoms with Gasteiger partial charge >= 0.3 is 0 Å². The van der Waals surface area contributed by atoms with Crippen molar-refractivity contribution in [3.8, 4) is 0 Å². The van der Waals surface area contributed by atoms with E-state index in [1.807, 2.05) is 0 Å². The van der Waals surface area contributed by atoms with E-state index < -0.39 is 0 Å². The summed E-state index contributed by atoms with van der Waals surface area (Å²) >= 11 is 0. The standard InChI is InChI=1S/C21H31N/c1-16(2)12-14-22-20(18-9-7-6-8-10-18)15-19-11-13-21(4,5)17(19)3/h6-10,12,20,22H,11,13-15H2,1-5H3. The van der Waals surface area contributed by atoms with Crippen LogP contribution in [0.3, 0.4) is 0 Å². The summed E-state index contributed by atoms with van der Waals surface area (Å²) in [5, 5.41) is 3.73. The molecule has 0 fully saturated rings. The fourth-order valence-electron chi connectivity index (χ4n) is 3.22. The zero-order valence-corrected chi connectivity index (χ0v) is 14.9. The van der Waals surface area contributed by atoms with Gasteiger partial charge in [-0.3, -0.25) is 0 Å². The molecule has 0 aromatic heterocycles. The fraction of sp³-hybridized carbons (Fsp3) is 0.524. The van der Waals surface area contributed by atoms with Crippen molar-refractivity contribution < 1.29 is 0 Å². The van der Waals surface area contributed by atoms with Crippen molar-refractivity contribution in [2.24, 2.45) is 5.41 Å². The molecule has 22 heavy (non-hydrogen) atoms. The van der Waals surface area contributed by atoms with Crippen LogP contribution in [0, 0.1) is 5.41 Å². The van der Waals surface area contributed by atoms with Crippen LogP contribution in [0.4, 0.5) is 0 Å². The Labute approximate surface area is 136 Å². The molecular weight excluding hydrogens is 266 g/mol. The molecule has 0 spiro atoms. The number of hydrogen-bond acceptors (Lipinski definition) is 1. The Morgan fingerprint density at radius 3 is 2.45 bits per heavy atom. The highest BCUT2D eigenvalue weighted by Gasteiger charge is 2.30. The summed E-state index contributed by atoms with van der Waals surface area (Å²) in [7, 11) is 0. The largest absolute Gasteiger partial charge is 0.306 e. The molecule has 1 unspecified atom stereocenters. The van der Waals surface area contributed by atoms with Crippen molar-refractivity contribution in [2.75, 3.05) is 6.54 Å². The Morgan fingerprint density at radius 1 is 1.23 bits per heavy atom. The molecule has 0 bridgehead atoms. The van der Waals surface area contributed by atoms with Crippen LogP contribution in [-0.4, -0.2) is 6.54 Å². The average Bonchev–Trinajstić information content (AvgIpc) is 2.73. The van der Waals surface area contributed by atoms with Gasteiger partial charge < -0.3 is 5.32 Å². The second-order valence-corrected chi connectivity index (χ2v) is 7.47. The molecule has 1 aromatic carbocycles. The summed E-state index contributed by atoms with van der Waals surface area (Å²) in [5.41, 5.74) is 6.42. The summed E-state index contributed by atoms with van der Waals surface area (Å²) in [6.07, 6.45) is 5.96. The van der Waals surface area contributed by atoms with E-state index in [1.54, 1.807) is 11.1 Å². The predicted molar refractivity (Wildman–Crippen MR) is 96.9 cm³/mol. The molecule has 0 heterocycles. The highest BCUT2D eigenvalue weighted by molar-refractivity contribution is 5.28. The zero-order valence-electron chi connectivity index (χ0n) is 14.9. The smallest absolute Gasteiger partial charge is 0.0360 e. The third-order valence-electron chi connectivity index (χ3n) is 5.12. The van der Waals surface area contributed by atoms with Gasteiger partial charge in [0.2, 0.25) is 0 Å². The Morgan fingerprint density at radius 2 is 1.91 bits per heavy atom. The quantitative estimate of drug-likeness (QED) is 0.653. The molecule has 0 saturated carbocycles. The van der Waals surface area contributed by atoms with E-state index in [9.17, 15) is 0 Å². The molecular formula is C21H31N. The molecule has 1 aliphatic rings. The van der Waals surface area contributed by atoms with Crippen LogP contribution in [0.15, 0.2) is 53.1 Å². The van der Waals surface area contributed by atoms with Crippen molar-refractivity contribution in [2.45, 2.75) is 59.9 Å². The van der Waals surface area contributed by atoms with Crippen LogP contribution in [0.1, 0.15) is 65.5 Å². The number of hydrogen-bond donors (Lipinski definition) is 1. The van der Waals surface area contributed by atoms with Crippen LogP contribution >= 0.6 is 0 Å². The van der Waals surface area contributed by atoms with Crippen LogP contribution in [0.2, 0.25) is 0 Å². The van der Waals surface area contributed by atoms with Crippen molar-refractivity contribution in [1.82, 2.24) is 5.32 Å². The molecule has 0 saturated heterocycles. The van der Waals surface area contributed by atoms with Gasteiger partial charge in [0.1, 0.15) is 0 Å². The van der Waals surface area contributed by atoms with E-state index in [0.717, 1.165) is 13.0 Å².